The molecule has 0 saturated heterocycles. The fraction of sp³-hybridized carbons (Fsp3) is 0.318. The van der Waals surface area contributed by atoms with Crippen molar-refractivity contribution >= 4 is 18.2 Å². The molecule has 0 aliphatic rings. The Morgan fingerprint density at radius 1 is 0.833 bits per heavy atom. The predicted octanol–water partition coefficient (Wildman–Crippen LogP) is 3.42. The van der Waals surface area contributed by atoms with E-state index in [2.05, 4.69) is 5.32 Å². The summed E-state index contributed by atoms with van der Waals surface area (Å²) in [5.74, 6) is -1.00. The van der Waals surface area contributed by atoms with Crippen LogP contribution in [0.1, 0.15) is 24.0 Å². The highest BCUT2D eigenvalue weighted by Crippen LogP contribution is 2.05. The molecule has 2 aromatic rings. The molecule has 0 radical (unpaired) electrons. The largest absolute Gasteiger partial charge is 0.481 e. The third-order valence-corrected chi connectivity index (χ3v) is 4.15. The Morgan fingerprint density at radius 2 is 1.40 bits per heavy atom. The zero-order valence-corrected chi connectivity index (χ0v) is 16.7. The fourth-order valence-electron chi connectivity index (χ4n) is 2.57. The van der Waals surface area contributed by atoms with Gasteiger partial charge in [0.25, 0.3) is 0 Å². The molecule has 0 bridgehead atoms. The highest BCUT2D eigenvalue weighted by Gasteiger charge is 2.16. The normalized spacial score (nSPS) is 10.1. The summed E-state index contributed by atoms with van der Waals surface area (Å²) in [6.45, 7) is 0.834. The topological polar surface area (TPSA) is 105 Å². The minimum Gasteiger partial charge on any atom is -0.481 e. The fourth-order valence-corrected chi connectivity index (χ4v) is 2.57. The number of ether oxygens (including phenoxy) is 2. The quantitative estimate of drug-likeness (QED) is 0.546. The summed E-state index contributed by atoms with van der Waals surface area (Å²) < 4.78 is 10.4. The van der Waals surface area contributed by atoms with Gasteiger partial charge in [0.2, 0.25) is 0 Å². The van der Waals surface area contributed by atoms with E-state index in [0.29, 0.717) is 6.42 Å². The van der Waals surface area contributed by atoms with Crippen molar-refractivity contribution in [3.63, 3.8) is 0 Å². The van der Waals surface area contributed by atoms with Crippen molar-refractivity contribution in [3.05, 3.63) is 71.8 Å². The number of carbonyl (C=O) groups is 3. The van der Waals surface area contributed by atoms with Crippen molar-refractivity contribution in [3.8, 4) is 0 Å². The van der Waals surface area contributed by atoms with Crippen LogP contribution in [0.25, 0.3) is 0 Å². The number of carboxylic acid groups (broad SMARTS) is 1. The SMILES string of the molecule is O=C(O)CCN(CCCNC(=O)OCc1ccccc1)C(=O)OCc1ccccc1. The molecule has 0 atom stereocenters. The number of carboxylic acids is 1. The molecule has 160 valence electrons. The molecule has 0 spiro atoms. The summed E-state index contributed by atoms with van der Waals surface area (Å²) in [6, 6.07) is 18.5. The molecule has 2 amide bonds. The van der Waals surface area contributed by atoms with Crippen LogP contribution in [0.5, 0.6) is 0 Å². The Labute approximate surface area is 175 Å². The van der Waals surface area contributed by atoms with Gasteiger partial charge >= 0.3 is 18.2 Å². The summed E-state index contributed by atoms with van der Waals surface area (Å²) in [5.41, 5.74) is 1.72. The summed E-state index contributed by atoms with van der Waals surface area (Å²) in [6.07, 6.45) is -0.901. The van der Waals surface area contributed by atoms with E-state index < -0.39 is 18.2 Å². The van der Waals surface area contributed by atoms with Gasteiger partial charge < -0.3 is 24.8 Å². The van der Waals surface area contributed by atoms with E-state index in [9.17, 15) is 14.4 Å². The first kappa shape index (κ1) is 22.7. The van der Waals surface area contributed by atoms with Crippen LogP contribution in [0.2, 0.25) is 0 Å². The van der Waals surface area contributed by atoms with Crippen molar-refractivity contribution in [2.75, 3.05) is 19.6 Å². The van der Waals surface area contributed by atoms with Crippen molar-refractivity contribution in [2.45, 2.75) is 26.1 Å². The van der Waals surface area contributed by atoms with Gasteiger partial charge in [-0.3, -0.25) is 4.79 Å². The lowest BCUT2D eigenvalue weighted by molar-refractivity contribution is -0.137. The van der Waals surface area contributed by atoms with Crippen molar-refractivity contribution in [2.24, 2.45) is 0 Å². The van der Waals surface area contributed by atoms with E-state index in [-0.39, 0.29) is 39.3 Å². The molecule has 0 unspecified atom stereocenters. The smallest absolute Gasteiger partial charge is 0.410 e. The average Bonchev–Trinajstić information content (AvgIpc) is 2.76. The van der Waals surface area contributed by atoms with Crippen LogP contribution in [0.3, 0.4) is 0 Å². The van der Waals surface area contributed by atoms with Crippen LogP contribution >= 0.6 is 0 Å². The van der Waals surface area contributed by atoms with Gasteiger partial charge in [-0.1, -0.05) is 60.7 Å². The first-order valence-corrected chi connectivity index (χ1v) is 9.66. The number of nitrogens with one attached hydrogen (secondary N) is 1. The molecule has 0 saturated carbocycles. The Bertz CT molecular complexity index is 798. The van der Waals surface area contributed by atoms with E-state index in [0.717, 1.165) is 11.1 Å². The van der Waals surface area contributed by atoms with Crippen molar-refractivity contribution in [1.29, 1.82) is 0 Å². The van der Waals surface area contributed by atoms with Crippen LogP contribution in [0, 0.1) is 0 Å². The van der Waals surface area contributed by atoms with Crippen LogP contribution in [0.15, 0.2) is 60.7 Å². The van der Waals surface area contributed by atoms with E-state index in [4.69, 9.17) is 14.6 Å². The van der Waals surface area contributed by atoms with E-state index in [1.54, 1.807) is 0 Å². The zero-order chi connectivity index (χ0) is 21.6. The molecule has 2 N–H and O–H groups in total. The summed E-state index contributed by atoms with van der Waals surface area (Å²) in [7, 11) is 0. The molecule has 2 rings (SSSR count). The Balaban J connectivity index is 1.71. The maximum absolute atomic E-state index is 12.3. The summed E-state index contributed by atoms with van der Waals surface area (Å²) >= 11 is 0. The maximum atomic E-state index is 12.3. The lowest BCUT2D eigenvalue weighted by Gasteiger charge is -2.21. The van der Waals surface area contributed by atoms with Gasteiger partial charge in [-0.25, -0.2) is 9.59 Å². The highest BCUT2D eigenvalue weighted by molar-refractivity contribution is 5.70. The number of benzene rings is 2. The third-order valence-electron chi connectivity index (χ3n) is 4.15. The second-order valence-corrected chi connectivity index (χ2v) is 6.51. The number of rotatable bonds is 11. The predicted molar refractivity (Wildman–Crippen MR) is 110 cm³/mol. The third kappa shape index (κ3) is 9.09. The second kappa shape index (κ2) is 12.8. The number of alkyl carbamates (subject to hydrolysis) is 1. The molecule has 0 aliphatic carbocycles. The molecule has 8 nitrogen and oxygen atoms in total. The molecule has 0 fully saturated rings. The number of aliphatic carboxylic acids is 1. The molecule has 0 heterocycles. The minimum atomic E-state index is -1.00. The molecule has 0 aromatic heterocycles. The molecular weight excluding hydrogens is 388 g/mol. The molecule has 2 aromatic carbocycles. The van der Waals surface area contributed by atoms with E-state index in [1.165, 1.54) is 4.90 Å². The van der Waals surface area contributed by atoms with Gasteiger partial charge in [0.05, 0.1) is 6.42 Å². The average molecular weight is 414 g/mol. The van der Waals surface area contributed by atoms with Crippen LogP contribution < -0.4 is 5.32 Å². The lowest BCUT2D eigenvalue weighted by Crippen LogP contribution is -2.36. The van der Waals surface area contributed by atoms with Crippen LogP contribution in [-0.4, -0.2) is 47.8 Å². The Hall–Kier alpha value is -3.55. The number of hydrogen-bond acceptors (Lipinski definition) is 5. The van der Waals surface area contributed by atoms with E-state index >= 15 is 0 Å². The number of hydrogen-bond donors (Lipinski definition) is 2. The van der Waals surface area contributed by atoms with E-state index in [1.807, 2.05) is 60.7 Å². The minimum absolute atomic E-state index is 0.0292. The molecular formula is C22H26N2O6. The number of amides is 2. The van der Waals surface area contributed by atoms with Crippen LogP contribution in [0.4, 0.5) is 9.59 Å². The first-order chi connectivity index (χ1) is 14.5. The maximum Gasteiger partial charge on any atom is 0.410 e. The highest BCUT2D eigenvalue weighted by atomic mass is 16.6. The molecule has 8 heteroatoms. The first-order valence-electron chi connectivity index (χ1n) is 9.66. The molecule has 30 heavy (non-hydrogen) atoms. The lowest BCUT2D eigenvalue weighted by atomic mass is 10.2. The monoisotopic (exact) mass is 414 g/mol. The molecule has 0 aliphatic heterocycles. The Morgan fingerprint density at radius 3 is 1.97 bits per heavy atom. The Kier molecular flexibility index (Phi) is 9.72. The van der Waals surface area contributed by atoms with Gasteiger partial charge in [-0.05, 0) is 17.5 Å². The second-order valence-electron chi connectivity index (χ2n) is 6.51. The van der Waals surface area contributed by atoms with Crippen molar-refractivity contribution in [1.82, 2.24) is 10.2 Å². The van der Waals surface area contributed by atoms with Crippen molar-refractivity contribution < 1.29 is 29.0 Å². The summed E-state index contributed by atoms with van der Waals surface area (Å²) in [5, 5.41) is 11.5. The standard InChI is InChI=1S/C22H26N2O6/c25-20(26)12-15-24(22(28)30-17-19-10-5-2-6-11-19)14-7-13-23-21(27)29-16-18-8-3-1-4-9-18/h1-6,8-11H,7,12-17H2,(H,23,27)(H,25,26). The summed E-state index contributed by atoms with van der Waals surface area (Å²) in [4.78, 5) is 36.3. The number of carbonyl (C=O) groups excluding carboxylic acids is 2. The van der Waals surface area contributed by atoms with Gasteiger partial charge in [-0.2, -0.15) is 0 Å². The van der Waals surface area contributed by atoms with Crippen LogP contribution in [-0.2, 0) is 27.5 Å². The number of nitrogens with zero attached hydrogens (tertiary/aromatic N) is 1. The zero-order valence-electron chi connectivity index (χ0n) is 16.7. The van der Waals surface area contributed by atoms with Gasteiger partial charge in [-0.15, -0.1) is 0 Å². The van der Waals surface area contributed by atoms with Gasteiger partial charge in [0, 0.05) is 19.6 Å². The van der Waals surface area contributed by atoms with Gasteiger partial charge in [0.15, 0.2) is 0 Å². The van der Waals surface area contributed by atoms with Gasteiger partial charge in [0.1, 0.15) is 13.2 Å².